The lowest BCUT2D eigenvalue weighted by molar-refractivity contribution is 0.00715. The van der Waals surface area contributed by atoms with Crippen molar-refractivity contribution in [1.82, 2.24) is 15.5 Å². The molecule has 2 aliphatic carbocycles. The maximum absolute atomic E-state index is 10.4. The SMILES string of the molecule is CCNC(=NCC1(C)CCCCC1O)NC1CCN(C2CC2)CC1.I. The van der Waals surface area contributed by atoms with E-state index in [9.17, 15) is 5.11 Å². The van der Waals surface area contributed by atoms with Gasteiger partial charge in [0, 0.05) is 37.1 Å². The van der Waals surface area contributed by atoms with Crippen LogP contribution in [0.1, 0.15) is 65.2 Å². The molecule has 2 unspecified atom stereocenters. The van der Waals surface area contributed by atoms with Gasteiger partial charge in [0.15, 0.2) is 5.96 Å². The van der Waals surface area contributed by atoms with Gasteiger partial charge in [-0.25, -0.2) is 0 Å². The van der Waals surface area contributed by atoms with Crippen molar-refractivity contribution in [1.29, 1.82) is 0 Å². The van der Waals surface area contributed by atoms with E-state index in [4.69, 9.17) is 4.99 Å². The Labute approximate surface area is 170 Å². The number of rotatable bonds is 5. The zero-order chi connectivity index (χ0) is 17.0. The topological polar surface area (TPSA) is 59.9 Å². The molecule has 3 aliphatic rings. The summed E-state index contributed by atoms with van der Waals surface area (Å²) in [5.41, 5.74) is -0.0596. The molecule has 146 valence electrons. The van der Waals surface area contributed by atoms with Gasteiger partial charge in [-0.05, 0) is 45.4 Å². The molecule has 0 radical (unpaired) electrons. The molecule has 1 heterocycles. The van der Waals surface area contributed by atoms with E-state index in [2.05, 4.69) is 29.4 Å². The van der Waals surface area contributed by atoms with Crippen LogP contribution >= 0.6 is 24.0 Å². The summed E-state index contributed by atoms with van der Waals surface area (Å²) < 4.78 is 0. The quantitative estimate of drug-likeness (QED) is 0.333. The van der Waals surface area contributed by atoms with E-state index >= 15 is 0 Å². The average Bonchev–Trinajstić information content (AvgIpc) is 3.42. The van der Waals surface area contributed by atoms with E-state index in [1.807, 2.05) is 0 Å². The molecule has 3 rings (SSSR count). The second kappa shape index (κ2) is 9.74. The van der Waals surface area contributed by atoms with Crippen molar-refractivity contribution in [3.63, 3.8) is 0 Å². The molecule has 0 amide bonds. The molecule has 3 fully saturated rings. The normalized spacial score (nSPS) is 32.1. The number of aliphatic imine (C=N–C) groups is 1. The van der Waals surface area contributed by atoms with Gasteiger partial charge in [0.2, 0.25) is 0 Å². The maximum atomic E-state index is 10.4. The summed E-state index contributed by atoms with van der Waals surface area (Å²) in [4.78, 5) is 7.50. The standard InChI is InChI=1S/C19H36N4O.HI/c1-3-20-18(21-14-19(2)11-5-4-6-17(19)24)22-15-9-12-23(13-10-15)16-7-8-16;/h15-17,24H,3-14H2,1-2H3,(H2,20,21,22);1H. The monoisotopic (exact) mass is 464 g/mol. The van der Waals surface area contributed by atoms with E-state index in [-0.39, 0.29) is 35.5 Å². The van der Waals surface area contributed by atoms with Crippen LogP contribution in [0.15, 0.2) is 4.99 Å². The van der Waals surface area contributed by atoms with E-state index in [1.165, 1.54) is 45.2 Å². The van der Waals surface area contributed by atoms with Crippen LogP contribution in [-0.2, 0) is 0 Å². The van der Waals surface area contributed by atoms with Gasteiger partial charge in [0.05, 0.1) is 12.6 Å². The van der Waals surface area contributed by atoms with E-state index in [0.29, 0.717) is 12.6 Å². The zero-order valence-corrected chi connectivity index (χ0v) is 18.3. The van der Waals surface area contributed by atoms with Crippen LogP contribution in [-0.4, -0.2) is 60.3 Å². The number of likely N-dealkylation sites (tertiary alicyclic amines) is 1. The summed E-state index contributed by atoms with van der Waals surface area (Å²) in [6, 6.07) is 1.42. The van der Waals surface area contributed by atoms with E-state index in [1.54, 1.807) is 0 Å². The number of guanidine groups is 1. The highest BCUT2D eigenvalue weighted by Crippen LogP contribution is 2.36. The number of aliphatic hydroxyl groups is 1. The van der Waals surface area contributed by atoms with Crippen LogP contribution in [0.4, 0.5) is 0 Å². The Morgan fingerprint density at radius 3 is 2.48 bits per heavy atom. The number of nitrogens with one attached hydrogen (secondary N) is 2. The number of piperidine rings is 1. The van der Waals surface area contributed by atoms with Crippen LogP contribution in [0.3, 0.4) is 0 Å². The molecule has 2 saturated carbocycles. The number of hydrogen-bond acceptors (Lipinski definition) is 3. The Hall–Kier alpha value is -0.0800. The molecule has 2 atom stereocenters. The lowest BCUT2D eigenvalue weighted by Crippen LogP contribution is -2.49. The highest BCUT2D eigenvalue weighted by Gasteiger charge is 2.35. The van der Waals surface area contributed by atoms with Crippen molar-refractivity contribution in [2.24, 2.45) is 10.4 Å². The highest BCUT2D eigenvalue weighted by molar-refractivity contribution is 14.0. The molecule has 0 bridgehead atoms. The third-order valence-corrected chi connectivity index (χ3v) is 6.16. The van der Waals surface area contributed by atoms with Gasteiger partial charge < -0.3 is 20.6 Å². The third kappa shape index (κ3) is 5.96. The minimum absolute atomic E-state index is 0. The van der Waals surface area contributed by atoms with Crippen molar-refractivity contribution in [2.45, 2.75) is 83.4 Å². The third-order valence-electron chi connectivity index (χ3n) is 6.16. The summed E-state index contributed by atoms with van der Waals surface area (Å²) in [5.74, 6) is 0.932. The van der Waals surface area contributed by atoms with Crippen LogP contribution in [0, 0.1) is 5.41 Å². The number of nitrogens with zero attached hydrogens (tertiary/aromatic N) is 2. The van der Waals surface area contributed by atoms with Crippen LogP contribution in [0.2, 0.25) is 0 Å². The first-order valence-corrected chi connectivity index (χ1v) is 10.1. The Bertz CT molecular complexity index is 435. The van der Waals surface area contributed by atoms with Crippen molar-refractivity contribution >= 4 is 29.9 Å². The average molecular weight is 464 g/mol. The van der Waals surface area contributed by atoms with Gasteiger partial charge in [-0.15, -0.1) is 24.0 Å². The van der Waals surface area contributed by atoms with Crippen molar-refractivity contribution < 1.29 is 5.11 Å². The first kappa shape index (κ1) is 21.2. The van der Waals surface area contributed by atoms with Crippen molar-refractivity contribution in [3.05, 3.63) is 0 Å². The molecule has 1 aliphatic heterocycles. The molecule has 0 aromatic carbocycles. The molecule has 3 N–H and O–H groups in total. The van der Waals surface area contributed by atoms with E-state index in [0.717, 1.165) is 37.8 Å². The summed E-state index contributed by atoms with van der Waals surface area (Å²) >= 11 is 0. The zero-order valence-electron chi connectivity index (χ0n) is 16.0. The molecule has 25 heavy (non-hydrogen) atoms. The largest absolute Gasteiger partial charge is 0.392 e. The molecule has 0 aromatic heterocycles. The van der Waals surface area contributed by atoms with Gasteiger partial charge in [-0.2, -0.15) is 0 Å². The predicted molar refractivity (Wildman–Crippen MR) is 115 cm³/mol. The van der Waals surface area contributed by atoms with Crippen LogP contribution in [0.25, 0.3) is 0 Å². The Balaban J connectivity index is 0.00000225. The van der Waals surface area contributed by atoms with Crippen LogP contribution in [0.5, 0.6) is 0 Å². The number of aliphatic hydroxyl groups excluding tert-OH is 1. The Morgan fingerprint density at radius 1 is 1.16 bits per heavy atom. The van der Waals surface area contributed by atoms with Gasteiger partial charge in [-0.3, -0.25) is 4.99 Å². The van der Waals surface area contributed by atoms with E-state index < -0.39 is 0 Å². The lowest BCUT2D eigenvalue weighted by Gasteiger charge is -2.37. The maximum Gasteiger partial charge on any atom is 0.191 e. The number of halogens is 1. The molecule has 6 heteroatoms. The van der Waals surface area contributed by atoms with Crippen molar-refractivity contribution in [3.8, 4) is 0 Å². The van der Waals surface area contributed by atoms with Gasteiger partial charge in [0.25, 0.3) is 0 Å². The highest BCUT2D eigenvalue weighted by atomic mass is 127. The summed E-state index contributed by atoms with van der Waals surface area (Å²) in [7, 11) is 0. The van der Waals surface area contributed by atoms with Crippen molar-refractivity contribution in [2.75, 3.05) is 26.2 Å². The molecule has 0 spiro atoms. The lowest BCUT2D eigenvalue weighted by atomic mass is 9.73. The molecular weight excluding hydrogens is 427 g/mol. The van der Waals surface area contributed by atoms with Gasteiger partial charge >= 0.3 is 0 Å². The van der Waals surface area contributed by atoms with Crippen LogP contribution < -0.4 is 10.6 Å². The molecule has 0 aromatic rings. The Morgan fingerprint density at radius 2 is 1.88 bits per heavy atom. The second-order valence-corrected chi connectivity index (χ2v) is 8.30. The second-order valence-electron chi connectivity index (χ2n) is 8.30. The fourth-order valence-electron chi connectivity index (χ4n) is 4.19. The first-order chi connectivity index (χ1) is 11.6. The fourth-order valence-corrected chi connectivity index (χ4v) is 4.19. The fraction of sp³-hybridized carbons (Fsp3) is 0.947. The summed E-state index contributed by atoms with van der Waals surface area (Å²) in [6.45, 7) is 8.34. The molecule has 5 nitrogen and oxygen atoms in total. The van der Waals surface area contributed by atoms with Gasteiger partial charge in [0.1, 0.15) is 0 Å². The Kier molecular flexibility index (Phi) is 8.27. The number of hydrogen-bond donors (Lipinski definition) is 3. The summed E-state index contributed by atoms with van der Waals surface area (Å²) in [6.07, 6.45) is 9.39. The molecular formula is C19H37IN4O. The minimum Gasteiger partial charge on any atom is -0.392 e. The van der Waals surface area contributed by atoms with Gasteiger partial charge in [-0.1, -0.05) is 19.8 Å². The first-order valence-electron chi connectivity index (χ1n) is 10.1. The smallest absolute Gasteiger partial charge is 0.191 e. The molecule has 1 saturated heterocycles. The predicted octanol–water partition coefficient (Wildman–Crippen LogP) is 2.73. The minimum atomic E-state index is -0.209. The summed E-state index contributed by atoms with van der Waals surface area (Å²) in [5, 5.41) is 17.4.